The molecule has 3 rings (SSSR count). The third-order valence-electron chi connectivity index (χ3n) is 4.06. The van der Waals surface area contributed by atoms with Crippen LogP contribution in [0.1, 0.15) is 17.2 Å². The normalized spacial score (nSPS) is 17.8. The number of carbonyl (C=O) groups is 1. The van der Waals surface area contributed by atoms with Crippen LogP contribution in [-0.2, 0) is 24.4 Å². The second kappa shape index (κ2) is 5.96. The molecule has 8 heteroatoms. The zero-order valence-electron chi connectivity index (χ0n) is 12.9. The first kappa shape index (κ1) is 15.4. The highest BCUT2D eigenvalue weighted by molar-refractivity contribution is 5.73. The third kappa shape index (κ3) is 2.89. The van der Waals surface area contributed by atoms with Crippen molar-refractivity contribution in [2.45, 2.75) is 32.6 Å². The summed E-state index contributed by atoms with van der Waals surface area (Å²) in [6.07, 6.45) is 0. The van der Waals surface area contributed by atoms with E-state index in [0.29, 0.717) is 29.5 Å². The molecule has 1 aliphatic heterocycles. The molecule has 1 unspecified atom stereocenters. The van der Waals surface area contributed by atoms with Crippen LogP contribution in [-0.4, -0.2) is 43.9 Å². The van der Waals surface area contributed by atoms with Gasteiger partial charge >= 0.3 is 5.97 Å². The molecule has 0 fully saturated rings. The van der Waals surface area contributed by atoms with Crippen molar-refractivity contribution < 1.29 is 19.0 Å². The van der Waals surface area contributed by atoms with E-state index in [2.05, 4.69) is 10.2 Å². The highest BCUT2D eigenvalue weighted by Gasteiger charge is 2.33. The molecule has 0 radical (unpaired) electrons. The van der Waals surface area contributed by atoms with Crippen molar-refractivity contribution in [2.75, 3.05) is 7.11 Å². The highest BCUT2D eigenvalue weighted by atomic mass is 19.1. The largest absolute Gasteiger partial charge is 0.497 e. The standard InChI is InChI=1S/C15H17FN4O3/c1-9-17-18-14-8-19(13(15(21)22)7-20(9)14)6-10-5-11(23-2)3-4-12(10)16/h3-5,13H,6-8H2,1-2H3,(H,21,22). The maximum atomic E-state index is 14.0. The number of methoxy groups -OCH3 is 1. The number of carboxylic acid groups (broad SMARTS) is 1. The molecule has 1 N–H and O–H groups in total. The number of hydrogen-bond acceptors (Lipinski definition) is 5. The van der Waals surface area contributed by atoms with Crippen molar-refractivity contribution in [1.29, 1.82) is 0 Å². The van der Waals surface area contributed by atoms with Crippen LogP contribution >= 0.6 is 0 Å². The Morgan fingerprint density at radius 3 is 2.96 bits per heavy atom. The van der Waals surface area contributed by atoms with Crippen molar-refractivity contribution in [1.82, 2.24) is 19.7 Å². The van der Waals surface area contributed by atoms with Gasteiger partial charge in [0.15, 0.2) is 0 Å². The van der Waals surface area contributed by atoms with Crippen LogP contribution < -0.4 is 4.74 Å². The molecule has 0 spiro atoms. The number of ether oxygens (including phenoxy) is 1. The first-order valence-corrected chi connectivity index (χ1v) is 7.17. The molecule has 122 valence electrons. The van der Waals surface area contributed by atoms with E-state index in [-0.39, 0.29) is 13.1 Å². The molecule has 0 saturated carbocycles. The Hall–Kier alpha value is -2.48. The van der Waals surface area contributed by atoms with E-state index in [1.54, 1.807) is 22.5 Å². The number of benzene rings is 1. The molecular formula is C15H17FN4O3. The van der Waals surface area contributed by atoms with Gasteiger partial charge < -0.3 is 14.4 Å². The molecule has 2 aromatic rings. The van der Waals surface area contributed by atoms with E-state index in [9.17, 15) is 14.3 Å². The van der Waals surface area contributed by atoms with E-state index < -0.39 is 17.8 Å². The molecule has 0 saturated heterocycles. The van der Waals surface area contributed by atoms with Gasteiger partial charge in [0.05, 0.1) is 20.2 Å². The fourth-order valence-corrected chi connectivity index (χ4v) is 2.78. The lowest BCUT2D eigenvalue weighted by Gasteiger charge is -2.33. The number of aliphatic carboxylic acids is 1. The lowest BCUT2D eigenvalue weighted by molar-refractivity contribution is -0.145. The van der Waals surface area contributed by atoms with Crippen LogP contribution in [0.2, 0.25) is 0 Å². The average molecular weight is 320 g/mol. The summed E-state index contributed by atoms with van der Waals surface area (Å²) in [6.45, 7) is 2.49. The Kier molecular flexibility index (Phi) is 3.99. The van der Waals surface area contributed by atoms with Gasteiger partial charge in [-0.3, -0.25) is 9.69 Å². The van der Waals surface area contributed by atoms with Gasteiger partial charge in [0, 0.05) is 12.1 Å². The summed E-state index contributed by atoms with van der Waals surface area (Å²) in [5.41, 5.74) is 0.389. The van der Waals surface area contributed by atoms with Crippen LogP contribution in [0, 0.1) is 12.7 Å². The van der Waals surface area contributed by atoms with Crippen molar-refractivity contribution in [2.24, 2.45) is 0 Å². The predicted molar refractivity (Wildman–Crippen MR) is 78.4 cm³/mol. The Morgan fingerprint density at radius 2 is 2.26 bits per heavy atom. The Balaban J connectivity index is 1.90. The van der Waals surface area contributed by atoms with E-state index in [1.807, 2.05) is 0 Å². The van der Waals surface area contributed by atoms with Gasteiger partial charge in [-0.2, -0.15) is 0 Å². The van der Waals surface area contributed by atoms with E-state index in [0.717, 1.165) is 0 Å². The molecule has 2 heterocycles. The summed E-state index contributed by atoms with van der Waals surface area (Å²) in [5.74, 6) is 0.552. The molecule has 7 nitrogen and oxygen atoms in total. The maximum absolute atomic E-state index is 14.0. The molecule has 1 aliphatic rings. The van der Waals surface area contributed by atoms with E-state index >= 15 is 0 Å². The fraction of sp³-hybridized carbons (Fsp3) is 0.400. The first-order chi connectivity index (χ1) is 11.0. The maximum Gasteiger partial charge on any atom is 0.322 e. The first-order valence-electron chi connectivity index (χ1n) is 7.17. The molecule has 23 heavy (non-hydrogen) atoms. The molecule has 1 atom stereocenters. The van der Waals surface area contributed by atoms with Gasteiger partial charge in [-0.05, 0) is 25.1 Å². The topological polar surface area (TPSA) is 80.5 Å². The van der Waals surface area contributed by atoms with E-state index in [4.69, 9.17) is 4.74 Å². The fourth-order valence-electron chi connectivity index (χ4n) is 2.78. The van der Waals surface area contributed by atoms with Gasteiger partial charge in [-0.25, -0.2) is 4.39 Å². The van der Waals surface area contributed by atoms with Crippen molar-refractivity contribution >= 4 is 5.97 Å². The number of aromatic nitrogens is 3. The quantitative estimate of drug-likeness (QED) is 0.912. The third-order valence-corrected chi connectivity index (χ3v) is 4.06. The second-order valence-electron chi connectivity index (χ2n) is 5.49. The zero-order valence-corrected chi connectivity index (χ0v) is 12.9. The van der Waals surface area contributed by atoms with Crippen LogP contribution in [0.25, 0.3) is 0 Å². The molecular weight excluding hydrogens is 303 g/mol. The lowest BCUT2D eigenvalue weighted by atomic mass is 10.1. The Bertz CT molecular complexity index is 746. The smallest absolute Gasteiger partial charge is 0.322 e. The summed E-state index contributed by atoms with van der Waals surface area (Å²) in [5, 5.41) is 17.5. The van der Waals surface area contributed by atoms with Gasteiger partial charge in [-0.15, -0.1) is 10.2 Å². The minimum Gasteiger partial charge on any atom is -0.497 e. The summed E-state index contributed by atoms with van der Waals surface area (Å²) in [7, 11) is 1.50. The SMILES string of the molecule is COc1ccc(F)c(CN2Cc3nnc(C)n3CC2C(=O)O)c1. The summed E-state index contributed by atoms with van der Waals surface area (Å²) < 4.78 is 20.9. The predicted octanol–water partition coefficient (Wildman–Crippen LogP) is 1.20. The summed E-state index contributed by atoms with van der Waals surface area (Å²) >= 11 is 0. The summed E-state index contributed by atoms with van der Waals surface area (Å²) in [4.78, 5) is 13.3. The van der Waals surface area contributed by atoms with Crippen LogP contribution in [0.4, 0.5) is 4.39 Å². The van der Waals surface area contributed by atoms with Crippen molar-refractivity contribution in [3.8, 4) is 5.75 Å². The zero-order chi connectivity index (χ0) is 16.6. The number of aryl methyl sites for hydroxylation is 1. The molecule has 0 aliphatic carbocycles. The minimum absolute atomic E-state index is 0.159. The number of nitrogens with zero attached hydrogens (tertiary/aromatic N) is 4. The number of halogens is 1. The number of carboxylic acids is 1. The van der Waals surface area contributed by atoms with Crippen LogP contribution in [0.3, 0.4) is 0 Å². The van der Waals surface area contributed by atoms with Gasteiger partial charge in [0.1, 0.15) is 29.3 Å². The van der Waals surface area contributed by atoms with E-state index in [1.165, 1.54) is 19.2 Å². The van der Waals surface area contributed by atoms with Gasteiger partial charge in [0.2, 0.25) is 0 Å². The number of rotatable bonds is 4. The van der Waals surface area contributed by atoms with Crippen molar-refractivity contribution in [3.05, 3.63) is 41.2 Å². The second-order valence-corrected chi connectivity index (χ2v) is 5.49. The molecule has 0 amide bonds. The molecule has 1 aromatic carbocycles. The molecule has 1 aromatic heterocycles. The van der Waals surface area contributed by atoms with Gasteiger partial charge in [-0.1, -0.05) is 0 Å². The Labute approximate surface area is 132 Å². The highest BCUT2D eigenvalue weighted by Crippen LogP contribution is 2.23. The minimum atomic E-state index is -0.952. The Morgan fingerprint density at radius 1 is 1.48 bits per heavy atom. The van der Waals surface area contributed by atoms with Gasteiger partial charge in [0.25, 0.3) is 0 Å². The number of fused-ring (bicyclic) bond motifs is 1. The number of hydrogen-bond donors (Lipinski definition) is 1. The molecule has 0 bridgehead atoms. The van der Waals surface area contributed by atoms with Crippen LogP contribution in [0.15, 0.2) is 18.2 Å². The lowest BCUT2D eigenvalue weighted by Crippen LogP contribution is -2.47. The van der Waals surface area contributed by atoms with Crippen LogP contribution in [0.5, 0.6) is 5.75 Å². The summed E-state index contributed by atoms with van der Waals surface area (Å²) in [6, 6.07) is 3.67. The average Bonchev–Trinajstić information content (AvgIpc) is 2.89. The van der Waals surface area contributed by atoms with Crippen molar-refractivity contribution in [3.63, 3.8) is 0 Å². The monoisotopic (exact) mass is 320 g/mol.